The second-order valence-electron chi connectivity index (χ2n) is 5.19. The SMILES string of the molecule is O=C(O)CCC(=O)Nc1nc(-c2ccc3c(c2)OCCCO3)cs1. The van der Waals surface area contributed by atoms with Crippen molar-refractivity contribution >= 4 is 28.3 Å². The lowest BCUT2D eigenvalue weighted by Gasteiger charge is -2.08. The van der Waals surface area contributed by atoms with Gasteiger partial charge in [-0.1, -0.05) is 0 Å². The number of hydrogen-bond acceptors (Lipinski definition) is 6. The maximum atomic E-state index is 11.6. The summed E-state index contributed by atoms with van der Waals surface area (Å²) in [7, 11) is 0. The van der Waals surface area contributed by atoms with E-state index in [1.165, 1.54) is 11.3 Å². The maximum Gasteiger partial charge on any atom is 0.303 e. The monoisotopic (exact) mass is 348 g/mol. The van der Waals surface area contributed by atoms with Gasteiger partial charge in [0.25, 0.3) is 0 Å². The molecule has 7 nitrogen and oxygen atoms in total. The molecule has 2 heterocycles. The number of carboxylic acid groups (broad SMARTS) is 1. The molecule has 0 bridgehead atoms. The molecular formula is C16H16N2O5S. The van der Waals surface area contributed by atoms with E-state index in [0.29, 0.717) is 35.5 Å². The van der Waals surface area contributed by atoms with E-state index in [1.54, 1.807) is 0 Å². The van der Waals surface area contributed by atoms with Crippen molar-refractivity contribution in [3.8, 4) is 22.8 Å². The van der Waals surface area contributed by atoms with Crippen LogP contribution in [0.4, 0.5) is 5.13 Å². The summed E-state index contributed by atoms with van der Waals surface area (Å²) in [5, 5.41) is 13.5. The molecule has 24 heavy (non-hydrogen) atoms. The Kier molecular flexibility index (Phi) is 4.95. The first-order valence-electron chi connectivity index (χ1n) is 7.49. The summed E-state index contributed by atoms with van der Waals surface area (Å²) in [4.78, 5) is 26.5. The minimum Gasteiger partial charge on any atom is -0.490 e. The molecule has 0 spiro atoms. The Morgan fingerprint density at radius 2 is 2.00 bits per heavy atom. The molecule has 0 saturated heterocycles. The normalized spacial score (nSPS) is 13.2. The highest BCUT2D eigenvalue weighted by molar-refractivity contribution is 7.14. The van der Waals surface area contributed by atoms with Crippen molar-refractivity contribution in [1.82, 2.24) is 4.98 Å². The van der Waals surface area contributed by atoms with Crippen LogP contribution in [0.25, 0.3) is 11.3 Å². The van der Waals surface area contributed by atoms with Gasteiger partial charge in [-0.2, -0.15) is 0 Å². The fourth-order valence-electron chi connectivity index (χ4n) is 2.19. The lowest BCUT2D eigenvalue weighted by atomic mass is 10.1. The predicted octanol–water partition coefficient (Wildman–Crippen LogP) is 2.77. The largest absolute Gasteiger partial charge is 0.490 e. The van der Waals surface area contributed by atoms with Gasteiger partial charge in [-0.25, -0.2) is 4.98 Å². The summed E-state index contributed by atoms with van der Waals surface area (Å²) in [5.41, 5.74) is 1.57. The van der Waals surface area contributed by atoms with Crippen LogP contribution in [0, 0.1) is 0 Å². The molecule has 1 aliphatic heterocycles. The van der Waals surface area contributed by atoms with Gasteiger partial charge in [-0.3, -0.25) is 9.59 Å². The summed E-state index contributed by atoms with van der Waals surface area (Å²) in [5.74, 6) is 0.0351. The number of amides is 1. The van der Waals surface area contributed by atoms with Gasteiger partial charge in [0.15, 0.2) is 16.6 Å². The lowest BCUT2D eigenvalue weighted by Crippen LogP contribution is -2.12. The van der Waals surface area contributed by atoms with E-state index in [4.69, 9.17) is 14.6 Å². The van der Waals surface area contributed by atoms with Crippen LogP contribution >= 0.6 is 11.3 Å². The topological polar surface area (TPSA) is 97.8 Å². The van der Waals surface area contributed by atoms with Crippen molar-refractivity contribution in [2.75, 3.05) is 18.5 Å². The number of hydrogen-bond donors (Lipinski definition) is 2. The molecule has 2 aromatic rings. The molecule has 0 radical (unpaired) electrons. The number of nitrogens with one attached hydrogen (secondary N) is 1. The van der Waals surface area contributed by atoms with Crippen molar-refractivity contribution in [2.45, 2.75) is 19.3 Å². The molecule has 0 atom stereocenters. The van der Waals surface area contributed by atoms with Gasteiger partial charge >= 0.3 is 5.97 Å². The van der Waals surface area contributed by atoms with Gasteiger partial charge in [0, 0.05) is 23.8 Å². The number of ether oxygens (including phenoxy) is 2. The average Bonchev–Trinajstić information content (AvgIpc) is 2.89. The number of aliphatic carboxylic acids is 1. The minimum absolute atomic E-state index is 0.0751. The fraction of sp³-hybridized carbons (Fsp3) is 0.312. The van der Waals surface area contributed by atoms with Crippen LogP contribution in [0.2, 0.25) is 0 Å². The highest BCUT2D eigenvalue weighted by atomic mass is 32.1. The van der Waals surface area contributed by atoms with Crippen LogP contribution in [0.3, 0.4) is 0 Å². The predicted molar refractivity (Wildman–Crippen MR) is 88.7 cm³/mol. The van der Waals surface area contributed by atoms with Crippen LogP contribution in [0.15, 0.2) is 23.6 Å². The summed E-state index contributed by atoms with van der Waals surface area (Å²) in [6.45, 7) is 1.24. The van der Waals surface area contributed by atoms with E-state index in [0.717, 1.165) is 12.0 Å². The summed E-state index contributed by atoms with van der Waals surface area (Å²) in [6.07, 6.45) is 0.563. The number of fused-ring (bicyclic) bond motifs is 1. The summed E-state index contributed by atoms with van der Waals surface area (Å²) < 4.78 is 11.3. The number of carbonyl (C=O) groups excluding carboxylic acids is 1. The minimum atomic E-state index is -1.00. The second-order valence-corrected chi connectivity index (χ2v) is 6.05. The van der Waals surface area contributed by atoms with Crippen molar-refractivity contribution in [1.29, 1.82) is 0 Å². The van der Waals surface area contributed by atoms with Gasteiger partial charge in [0.2, 0.25) is 5.91 Å². The molecule has 0 aliphatic carbocycles. The molecule has 1 aromatic heterocycles. The molecule has 126 valence electrons. The third kappa shape index (κ3) is 4.02. The number of nitrogens with zero attached hydrogens (tertiary/aromatic N) is 1. The number of rotatable bonds is 5. The van der Waals surface area contributed by atoms with Gasteiger partial charge in [0.1, 0.15) is 0 Å². The van der Waals surface area contributed by atoms with E-state index >= 15 is 0 Å². The van der Waals surface area contributed by atoms with E-state index in [-0.39, 0.29) is 18.7 Å². The van der Waals surface area contributed by atoms with Crippen LogP contribution in [-0.4, -0.2) is 35.2 Å². The van der Waals surface area contributed by atoms with E-state index in [9.17, 15) is 9.59 Å². The Labute approximate surface area is 142 Å². The fourth-order valence-corrected chi connectivity index (χ4v) is 2.92. The molecule has 1 aliphatic rings. The molecule has 0 unspecified atom stereocenters. The number of benzene rings is 1. The van der Waals surface area contributed by atoms with Gasteiger partial charge in [-0.15, -0.1) is 11.3 Å². The van der Waals surface area contributed by atoms with Crippen molar-refractivity contribution < 1.29 is 24.2 Å². The van der Waals surface area contributed by atoms with Crippen molar-refractivity contribution in [3.63, 3.8) is 0 Å². The quantitative estimate of drug-likeness (QED) is 0.862. The maximum absolute atomic E-state index is 11.6. The molecule has 1 aromatic carbocycles. The second kappa shape index (κ2) is 7.31. The van der Waals surface area contributed by atoms with Crippen LogP contribution in [0.5, 0.6) is 11.5 Å². The molecule has 2 N–H and O–H groups in total. The number of carbonyl (C=O) groups is 2. The van der Waals surface area contributed by atoms with Crippen LogP contribution in [0.1, 0.15) is 19.3 Å². The lowest BCUT2D eigenvalue weighted by molar-refractivity contribution is -0.138. The Hall–Kier alpha value is -2.61. The Balaban J connectivity index is 1.70. The van der Waals surface area contributed by atoms with Crippen LogP contribution < -0.4 is 14.8 Å². The Morgan fingerprint density at radius 3 is 2.79 bits per heavy atom. The van der Waals surface area contributed by atoms with E-state index < -0.39 is 5.97 Å². The summed E-state index contributed by atoms with van der Waals surface area (Å²) in [6, 6.07) is 5.60. The van der Waals surface area contributed by atoms with E-state index in [1.807, 2.05) is 23.6 Å². The third-order valence-electron chi connectivity index (χ3n) is 3.36. The number of thiazole rings is 1. The van der Waals surface area contributed by atoms with Gasteiger partial charge in [-0.05, 0) is 18.2 Å². The third-order valence-corrected chi connectivity index (χ3v) is 4.12. The molecule has 0 saturated carbocycles. The van der Waals surface area contributed by atoms with Crippen molar-refractivity contribution in [3.05, 3.63) is 23.6 Å². The standard InChI is InChI=1S/C16H16N2O5S/c19-14(4-5-15(20)21)18-16-17-11(9-24-16)10-2-3-12-13(8-10)23-7-1-6-22-12/h2-3,8-9H,1,4-7H2,(H,20,21)(H,17,18,19). The Bertz CT molecular complexity index is 759. The van der Waals surface area contributed by atoms with Crippen LogP contribution in [-0.2, 0) is 9.59 Å². The highest BCUT2D eigenvalue weighted by Gasteiger charge is 2.14. The first-order chi connectivity index (χ1) is 11.6. The smallest absolute Gasteiger partial charge is 0.303 e. The zero-order chi connectivity index (χ0) is 16.9. The molecular weight excluding hydrogens is 332 g/mol. The molecule has 1 amide bonds. The Morgan fingerprint density at radius 1 is 1.21 bits per heavy atom. The first kappa shape index (κ1) is 16.3. The zero-order valence-corrected chi connectivity index (χ0v) is 13.6. The molecule has 0 fully saturated rings. The summed E-state index contributed by atoms with van der Waals surface area (Å²) >= 11 is 1.29. The number of anilines is 1. The van der Waals surface area contributed by atoms with Crippen molar-refractivity contribution in [2.24, 2.45) is 0 Å². The van der Waals surface area contributed by atoms with Gasteiger partial charge < -0.3 is 19.9 Å². The molecule has 8 heteroatoms. The highest BCUT2D eigenvalue weighted by Crippen LogP contribution is 2.35. The average molecular weight is 348 g/mol. The van der Waals surface area contributed by atoms with Gasteiger partial charge in [0.05, 0.1) is 25.3 Å². The first-order valence-corrected chi connectivity index (χ1v) is 8.37. The number of carboxylic acids is 1. The van der Waals surface area contributed by atoms with E-state index in [2.05, 4.69) is 10.3 Å². The molecule has 3 rings (SSSR count). The number of aromatic nitrogens is 1. The zero-order valence-electron chi connectivity index (χ0n) is 12.8.